The summed E-state index contributed by atoms with van der Waals surface area (Å²) in [4.78, 5) is 12.8. The number of anilines is 1. The summed E-state index contributed by atoms with van der Waals surface area (Å²) >= 11 is 1.48. The van der Waals surface area contributed by atoms with Crippen molar-refractivity contribution in [2.45, 2.75) is 24.5 Å². The van der Waals surface area contributed by atoms with E-state index in [0.717, 1.165) is 15.4 Å². The molecule has 0 radical (unpaired) electrons. The van der Waals surface area contributed by atoms with E-state index < -0.39 is 22.5 Å². The van der Waals surface area contributed by atoms with E-state index >= 15 is 0 Å². The second kappa shape index (κ2) is 12.8. The lowest BCUT2D eigenvalue weighted by Crippen LogP contribution is -2.41. The number of sulfonamides is 1. The highest BCUT2D eigenvalue weighted by molar-refractivity contribution is 7.98. The van der Waals surface area contributed by atoms with E-state index in [1.54, 1.807) is 30.3 Å². The normalized spacial score (nSPS) is 11.2. The van der Waals surface area contributed by atoms with Gasteiger partial charge in [0.2, 0.25) is 5.91 Å². The van der Waals surface area contributed by atoms with Gasteiger partial charge in [-0.15, -0.1) is 0 Å². The van der Waals surface area contributed by atoms with Gasteiger partial charge in [0, 0.05) is 24.1 Å². The summed E-state index contributed by atoms with van der Waals surface area (Å²) in [5, 5.41) is 2.77. The van der Waals surface area contributed by atoms with E-state index in [4.69, 9.17) is 9.47 Å². The first-order valence-corrected chi connectivity index (χ1v) is 14.2. The number of carbonyl (C=O) groups is 1. The van der Waals surface area contributed by atoms with Crippen LogP contribution in [0, 0.1) is 19.7 Å². The number of nitrogens with one attached hydrogen (secondary N) is 1. The molecule has 0 bridgehead atoms. The largest absolute Gasteiger partial charge is 0.493 e. The van der Waals surface area contributed by atoms with Crippen molar-refractivity contribution in [2.75, 3.05) is 37.4 Å². The van der Waals surface area contributed by atoms with Crippen molar-refractivity contribution in [3.63, 3.8) is 0 Å². The summed E-state index contributed by atoms with van der Waals surface area (Å²) in [7, 11) is -1.24. The lowest BCUT2D eigenvalue weighted by Gasteiger charge is -2.25. The molecule has 3 rings (SSSR count). The number of aryl methyl sites for hydroxylation is 2. The molecule has 0 unspecified atom stereocenters. The zero-order valence-electron chi connectivity index (χ0n) is 21.3. The molecule has 1 amide bonds. The van der Waals surface area contributed by atoms with Gasteiger partial charge in [0.05, 0.1) is 24.8 Å². The number of amides is 1. The summed E-state index contributed by atoms with van der Waals surface area (Å²) < 4.78 is 52.8. The predicted molar refractivity (Wildman–Crippen MR) is 146 cm³/mol. The highest BCUT2D eigenvalue weighted by atomic mass is 32.2. The average Bonchev–Trinajstić information content (AvgIpc) is 2.86. The van der Waals surface area contributed by atoms with Crippen molar-refractivity contribution >= 4 is 33.4 Å². The molecule has 37 heavy (non-hydrogen) atoms. The van der Waals surface area contributed by atoms with Gasteiger partial charge in [-0.3, -0.25) is 9.10 Å². The van der Waals surface area contributed by atoms with Gasteiger partial charge >= 0.3 is 0 Å². The molecular formula is C27H31FN2O5S2. The standard InChI is InChI=1S/C27H31FN2O5S2/c1-19-13-20(2)15-22(14-19)30(37(32,33)23-9-10-25(34-3)26(16-23)35-4)17-27(31)29-11-12-36-18-21-7-5-6-8-24(21)28/h5-10,13-16H,11-12,17-18H2,1-4H3,(H,29,31). The molecule has 0 spiro atoms. The molecular weight excluding hydrogens is 515 g/mol. The third kappa shape index (κ3) is 7.39. The highest BCUT2D eigenvalue weighted by Gasteiger charge is 2.28. The number of rotatable bonds is 12. The zero-order chi connectivity index (χ0) is 27.0. The van der Waals surface area contributed by atoms with Crippen molar-refractivity contribution in [3.05, 3.63) is 83.2 Å². The van der Waals surface area contributed by atoms with Gasteiger partial charge in [-0.2, -0.15) is 11.8 Å². The molecule has 7 nitrogen and oxygen atoms in total. The fourth-order valence-electron chi connectivity index (χ4n) is 3.76. The van der Waals surface area contributed by atoms with Crippen molar-refractivity contribution in [1.29, 1.82) is 0 Å². The zero-order valence-corrected chi connectivity index (χ0v) is 22.9. The Hall–Kier alpha value is -3.24. The first-order chi connectivity index (χ1) is 17.6. The summed E-state index contributed by atoms with van der Waals surface area (Å²) in [6.07, 6.45) is 0. The summed E-state index contributed by atoms with van der Waals surface area (Å²) in [5.41, 5.74) is 2.72. The number of hydrogen-bond acceptors (Lipinski definition) is 6. The number of ether oxygens (including phenoxy) is 2. The van der Waals surface area contributed by atoms with E-state index in [9.17, 15) is 17.6 Å². The molecule has 3 aromatic carbocycles. The van der Waals surface area contributed by atoms with Crippen LogP contribution in [-0.2, 0) is 20.6 Å². The van der Waals surface area contributed by atoms with Crippen LogP contribution in [0.5, 0.6) is 11.5 Å². The molecule has 0 fully saturated rings. The Kier molecular flexibility index (Phi) is 9.82. The molecule has 1 N–H and O–H groups in total. The van der Waals surface area contributed by atoms with Crippen molar-refractivity contribution in [2.24, 2.45) is 0 Å². The Balaban J connectivity index is 1.76. The van der Waals surface area contributed by atoms with Crippen LogP contribution in [0.1, 0.15) is 16.7 Å². The topological polar surface area (TPSA) is 84.9 Å². The van der Waals surface area contributed by atoms with E-state index in [0.29, 0.717) is 35.1 Å². The lowest BCUT2D eigenvalue weighted by molar-refractivity contribution is -0.119. The number of carbonyl (C=O) groups excluding carboxylic acids is 1. The number of thioether (sulfide) groups is 1. The molecule has 0 aliphatic carbocycles. The summed E-state index contributed by atoms with van der Waals surface area (Å²) in [6.45, 7) is 3.64. The van der Waals surface area contributed by atoms with Crippen LogP contribution in [0.3, 0.4) is 0 Å². The Labute approximate surface area is 222 Å². The van der Waals surface area contributed by atoms with Crippen LogP contribution in [0.2, 0.25) is 0 Å². The maximum Gasteiger partial charge on any atom is 0.264 e. The minimum Gasteiger partial charge on any atom is -0.493 e. The molecule has 3 aromatic rings. The maximum absolute atomic E-state index is 13.8. The van der Waals surface area contributed by atoms with Crippen molar-refractivity contribution in [3.8, 4) is 11.5 Å². The third-order valence-corrected chi connectivity index (χ3v) is 8.29. The Morgan fingerprint density at radius 1 is 0.973 bits per heavy atom. The molecule has 0 saturated carbocycles. The second-order valence-corrected chi connectivity index (χ2v) is 11.3. The number of methoxy groups -OCH3 is 2. The van der Waals surface area contributed by atoms with Crippen LogP contribution >= 0.6 is 11.8 Å². The van der Waals surface area contributed by atoms with Gasteiger partial charge in [0.15, 0.2) is 11.5 Å². The van der Waals surface area contributed by atoms with Gasteiger partial charge in [-0.05, 0) is 60.9 Å². The van der Waals surface area contributed by atoms with Gasteiger partial charge in [0.25, 0.3) is 10.0 Å². The SMILES string of the molecule is COc1ccc(S(=O)(=O)N(CC(=O)NCCSCc2ccccc2F)c2cc(C)cc(C)c2)cc1OC. The van der Waals surface area contributed by atoms with Crippen LogP contribution in [-0.4, -0.2) is 47.4 Å². The summed E-state index contributed by atoms with van der Waals surface area (Å²) in [6, 6.07) is 16.2. The number of benzene rings is 3. The van der Waals surface area contributed by atoms with E-state index in [-0.39, 0.29) is 16.5 Å². The molecule has 198 valence electrons. The van der Waals surface area contributed by atoms with Crippen molar-refractivity contribution in [1.82, 2.24) is 5.32 Å². The second-order valence-electron chi connectivity index (χ2n) is 8.37. The first kappa shape index (κ1) is 28.3. The first-order valence-electron chi connectivity index (χ1n) is 11.6. The molecule has 0 aliphatic rings. The van der Waals surface area contributed by atoms with Crippen LogP contribution in [0.25, 0.3) is 0 Å². The number of nitrogens with zero attached hydrogens (tertiary/aromatic N) is 1. The smallest absolute Gasteiger partial charge is 0.264 e. The molecule has 10 heteroatoms. The summed E-state index contributed by atoms with van der Waals surface area (Å²) in [5.74, 6) is 0.972. The molecule has 0 aromatic heterocycles. The minimum absolute atomic E-state index is 0.0300. The number of hydrogen-bond donors (Lipinski definition) is 1. The van der Waals surface area contributed by atoms with Crippen LogP contribution in [0.15, 0.2) is 65.6 Å². The van der Waals surface area contributed by atoms with Gasteiger partial charge in [-0.1, -0.05) is 24.3 Å². The molecule has 0 saturated heterocycles. The monoisotopic (exact) mass is 546 g/mol. The maximum atomic E-state index is 13.8. The van der Waals surface area contributed by atoms with Gasteiger partial charge in [-0.25, -0.2) is 12.8 Å². The highest BCUT2D eigenvalue weighted by Crippen LogP contribution is 2.32. The van der Waals surface area contributed by atoms with Gasteiger partial charge in [0.1, 0.15) is 12.4 Å². The Bertz CT molecular complexity index is 1330. The van der Waals surface area contributed by atoms with Crippen LogP contribution < -0.4 is 19.1 Å². The fraction of sp³-hybridized carbons (Fsp3) is 0.296. The molecule has 0 heterocycles. The Morgan fingerprint density at radius 3 is 2.30 bits per heavy atom. The van der Waals surface area contributed by atoms with E-state index in [1.807, 2.05) is 19.9 Å². The lowest BCUT2D eigenvalue weighted by atomic mass is 10.1. The number of halogens is 1. The third-order valence-electron chi connectivity index (χ3n) is 5.51. The predicted octanol–water partition coefficient (Wildman–Crippen LogP) is 4.70. The Morgan fingerprint density at radius 2 is 1.65 bits per heavy atom. The van der Waals surface area contributed by atoms with Crippen molar-refractivity contribution < 1.29 is 27.1 Å². The van der Waals surface area contributed by atoms with E-state index in [2.05, 4.69) is 5.32 Å². The fourth-order valence-corrected chi connectivity index (χ4v) is 6.03. The van der Waals surface area contributed by atoms with Crippen LogP contribution in [0.4, 0.5) is 10.1 Å². The molecule has 0 atom stereocenters. The molecule has 0 aliphatic heterocycles. The van der Waals surface area contributed by atoms with E-state index in [1.165, 1.54) is 50.2 Å². The quantitative estimate of drug-likeness (QED) is 0.332. The average molecular weight is 547 g/mol. The minimum atomic E-state index is -4.13. The van der Waals surface area contributed by atoms with Gasteiger partial charge < -0.3 is 14.8 Å².